The predicted molar refractivity (Wildman–Crippen MR) is 105 cm³/mol. The van der Waals surface area contributed by atoms with Crippen molar-refractivity contribution in [2.24, 2.45) is 0 Å². The number of aryl methyl sites for hydroxylation is 2. The summed E-state index contributed by atoms with van der Waals surface area (Å²) in [7, 11) is 0. The molecule has 0 radical (unpaired) electrons. The van der Waals surface area contributed by atoms with Gasteiger partial charge in [0.2, 0.25) is 0 Å². The summed E-state index contributed by atoms with van der Waals surface area (Å²) in [6.07, 6.45) is 4.69. The summed E-state index contributed by atoms with van der Waals surface area (Å²) in [5.41, 5.74) is 8.32. The minimum atomic E-state index is -0.138. The quantitative estimate of drug-likeness (QED) is 0.597. The van der Waals surface area contributed by atoms with Crippen LogP contribution in [0.5, 0.6) is 0 Å². The van der Waals surface area contributed by atoms with Crippen LogP contribution in [0.3, 0.4) is 0 Å². The summed E-state index contributed by atoms with van der Waals surface area (Å²) < 4.78 is 15.2. The fourth-order valence-electron chi connectivity index (χ4n) is 4.14. The molecule has 3 heterocycles. The third kappa shape index (κ3) is 2.34. The highest BCUT2D eigenvalue weighted by Crippen LogP contribution is 2.44. The average Bonchev–Trinajstić information content (AvgIpc) is 3.32. The molecule has 3 aromatic rings. The Balaban J connectivity index is 1.65. The summed E-state index contributed by atoms with van der Waals surface area (Å²) in [4.78, 5) is 9.21. The highest BCUT2D eigenvalue weighted by molar-refractivity contribution is 7.16. The van der Waals surface area contributed by atoms with E-state index in [4.69, 9.17) is 0 Å². The smallest absolute Gasteiger partial charge is 0.132 e. The van der Waals surface area contributed by atoms with Crippen molar-refractivity contribution in [3.05, 3.63) is 70.2 Å². The summed E-state index contributed by atoms with van der Waals surface area (Å²) in [5.74, 6) is -0.138. The molecule has 0 aliphatic carbocycles. The van der Waals surface area contributed by atoms with Gasteiger partial charge in [-0.2, -0.15) is 0 Å². The van der Waals surface area contributed by atoms with Crippen molar-refractivity contribution < 1.29 is 4.39 Å². The second kappa shape index (κ2) is 5.81. The van der Waals surface area contributed by atoms with Crippen LogP contribution in [0.4, 0.5) is 10.1 Å². The molecule has 1 atom stereocenters. The van der Waals surface area contributed by atoms with E-state index in [-0.39, 0.29) is 12.0 Å². The van der Waals surface area contributed by atoms with Gasteiger partial charge in [-0.15, -0.1) is 11.3 Å². The molecule has 0 saturated carbocycles. The second-order valence-corrected chi connectivity index (χ2v) is 8.05. The van der Waals surface area contributed by atoms with Crippen LogP contribution in [0.1, 0.15) is 35.7 Å². The number of fused-ring (bicyclic) bond motifs is 2. The number of hydrogen-bond donors (Lipinski definition) is 0. The summed E-state index contributed by atoms with van der Waals surface area (Å²) in [6.45, 7) is 4.89. The first-order chi connectivity index (χ1) is 12.6. The van der Waals surface area contributed by atoms with E-state index in [0.29, 0.717) is 5.56 Å². The van der Waals surface area contributed by atoms with Crippen LogP contribution in [-0.2, 0) is 0 Å². The van der Waals surface area contributed by atoms with Gasteiger partial charge in [0.15, 0.2) is 0 Å². The van der Waals surface area contributed by atoms with Crippen LogP contribution in [0.15, 0.2) is 47.7 Å². The molecule has 0 spiro atoms. The van der Waals surface area contributed by atoms with Crippen LogP contribution in [0.25, 0.3) is 10.2 Å². The van der Waals surface area contributed by atoms with Crippen LogP contribution in [-0.4, -0.2) is 16.4 Å². The van der Waals surface area contributed by atoms with Gasteiger partial charge >= 0.3 is 0 Å². The average molecular weight is 365 g/mol. The molecule has 2 aromatic carbocycles. The zero-order valence-electron chi connectivity index (χ0n) is 14.9. The molecule has 1 unspecified atom stereocenters. The van der Waals surface area contributed by atoms with Crippen molar-refractivity contribution in [2.75, 3.05) is 11.4 Å². The van der Waals surface area contributed by atoms with E-state index in [1.807, 2.05) is 25.4 Å². The molecule has 26 heavy (non-hydrogen) atoms. The van der Waals surface area contributed by atoms with Crippen molar-refractivity contribution in [3.63, 3.8) is 0 Å². The Morgan fingerprint density at radius 1 is 1.15 bits per heavy atom. The van der Waals surface area contributed by atoms with Crippen molar-refractivity contribution in [1.29, 1.82) is 0 Å². The Kier molecular flexibility index (Phi) is 3.54. The zero-order valence-corrected chi connectivity index (χ0v) is 15.7. The van der Waals surface area contributed by atoms with Crippen molar-refractivity contribution in [1.82, 2.24) is 9.88 Å². The number of rotatable bonds is 2. The molecular weight excluding hydrogens is 345 g/mol. The highest BCUT2D eigenvalue weighted by Gasteiger charge is 2.37. The first-order valence-corrected chi connectivity index (χ1v) is 9.85. The molecule has 0 bridgehead atoms. The normalized spacial score (nSPS) is 19.3. The summed E-state index contributed by atoms with van der Waals surface area (Å²) >= 11 is 1.68. The molecule has 2 aliphatic heterocycles. The molecular formula is C21H20FN3S. The van der Waals surface area contributed by atoms with Gasteiger partial charge in [-0.3, -0.25) is 0 Å². The lowest BCUT2D eigenvalue weighted by Crippen LogP contribution is -2.31. The van der Waals surface area contributed by atoms with Gasteiger partial charge < -0.3 is 9.80 Å². The zero-order chi connectivity index (χ0) is 17.8. The van der Waals surface area contributed by atoms with Crippen molar-refractivity contribution in [2.45, 2.75) is 32.9 Å². The number of aromatic nitrogens is 1. The van der Waals surface area contributed by atoms with E-state index in [1.165, 1.54) is 22.4 Å². The fraction of sp³-hybridized carbons (Fsp3) is 0.286. The lowest BCUT2D eigenvalue weighted by atomic mass is 10.1. The standard InChI is InChI=1S/C21H20FN3S/c1-13-9-19(14(2)8-17(13)22)25-11-16-4-3-7-24(16)21(25)15-5-6-18-20(10-15)26-12-23-18/h5-6,8-12,21H,3-4,7H2,1-2H3. The molecule has 0 amide bonds. The van der Waals surface area contributed by atoms with E-state index in [0.717, 1.165) is 29.7 Å². The highest BCUT2D eigenvalue weighted by atomic mass is 32.1. The summed E-state index contributed by atoms with van der Waals surface area (Å²) in [6, 6.07) is 10.2. The van der Waals surface area contributed by atoms with Gasteiger partial charge in [-0.1, -0.05) is 6.07 Å². The molecule has 3 nitrogen and oxygen atoms in total. The predicted octanol–water partition coefficient (Wildman–Crippen LogP) is 5.51. The molecule has 132 valence electrons. The van der Waals surface area contributed by atoms with Crippen LogP contribution >= 0.6 is 11.3 Å². The van der Waals surface area contributed by atoms with Gasteiger partial charge in [0.25, 0.3) is 0 Å². The number of halogens is 1. The third-order valence-corrected chi connectivity index (χ3v) is 6.25. The lowest BCUT2D eigenvalue weighted by Gasteiger charge is -2.33. The Labute approximate surface area is 156 Å². The Hall–Kier alpha value is -2.40. The molecule has 1 fully saturated rings. The number of hydrogen-bond acceptors (Lipinski definition) is 4. The van der Waals surface area contributed by atoms with Crippen LogP contribution < -0.4 is 4.90 Å². The first kappa shape index (κ1) is 15.8. The molecule has 0 N–H and O–H groups in total. The Morgan fingerprint density at radius 3 is 2.92 bits per heavy atom. The van der Waals surface area contributed by atoms with Gasteiger partial charge in [-0.05, 0) is 67.6 Å². The largest absolute Gasteiger partial charge is 0.349 e. The second-order valence-electron chi connectivity index (χ2n) is 7.17. The van der Waals surface area contributed by atoms with Crippen molar-refractivity contribution in [3.8, 4) is 0 Å². The monoisotopic (exact) mass is 365 g/mol. The Bertz CT molecular complexity index is 1040. The molecule has 5 heteroatoms. The maximum Gasteiger partial charge on any atom is 0.132 e. The van der Waals surface area contributed by atoms with Gasteiger partial charge in [0.05, 0.1) is 15.7 Å². The molecule has 2 aliphatic rings. The fourth-order valence-corrected chi connectivity index (χ4v) is 4.86. The maximum absolute atomic E-state index is 14.0. The van der Waals surface area contributed by atoms with Gasteiger partial charge in [0.1, 0.15) is 12.0 Å². The van der Waals surface area contributed by atoms with E-state index >= 15 is 0 Å². The summed E-state index contributed by atoms with van der Waals surface area (Å²) in [5, 5.41) is 0. The van der Waals surface area contributed by atoms with Crippen molar-refractivity contribution >= 4 is 27.2 Å². The van der Waals surface area contributed by atoms with Gasteiger partial charge in [0, 0.05) is 24.1 Å². The van der Waals surface area contributed by atoms with Crippen LogP contribution in [0.2, 0.25) is 0 Å². The number of thiazole rings is 1. The van der Waals surface area contributed by atoms with E-state index in [2.05, 4.69) is 39.2 Å². The lowest BCUT2D eigenvalue weighted by molar-refractivity contribution is 0.319. The molecule has 1 aromatic heterocycles. The maximum atomic E-state index is 14.0. The number of anilines is 1. The van der Waals surface area contributed by atoms with E-state index < -0.39 is 0 Å². The number of nitrogens with zero attached hydrogens (tertiary/aromatic N) is 3. The third-order valence-electron chi connectivity index (χ3n) is 5.46. The van der Waals surface area contributed by atoms with E-state index in [1.54, 1.807) is 17.4 Å². The number of benzene rings is 2. The number of allylic oxidation sites excluding steroid dienone is 1. The topological polar surface area (TPSA) is 19.4 Å². The minimum absolute atomic E-state index is 0.127. The SMILES string of the molecule is Cc1cc(N2C=C3CCCN3C2c2ccc3ncsc3c2)c(C)cc1F. The van der Waals surface area contributed by atoms with E-state index in [9.17, 15) is 4.39 Å². The van der Waals surface area contributed by atoms with Gasteiger partial charge in [-0.25, -0.2) is 9.37 Å². The minimum Gasteiger partial charge on any atom is -0.349 e. The Morgan fingerprint density at radius 2 is 2.04 bits per heavy atom. The first-order valence-electron chi connectivity index (χ1n) is 8.97. The molecule has 5 rings (SSSR count). The molecule has 1 saturated heterocycles. The van der Waals surface area contributed by atoms with Crippen LogP contribution in [0, 0.1) is 19.7 Å².